The van der Waals surface area contributed by atoms with Crippen LogP contribution in [0.25, 0.3) is 0 Å². The van der Waals surface area contributed by atoms with E-state index in [-0.39, 0.29) is 0 Å². The molecule has 3 heteroatoms. The Hall–Kier alpha value is 0.270. The van der Waals surface area contributed by atoms with Crippen LogP contribution in [0.5, 0.6) is 0 Å². The Balaban J connectivity index is 1.81. The van der Waals surface area contributed by atoms with E-state index in [9.17, 15) is 0 Å². The lowest BCUT2D eigenvalue weighted by Gasteiger charge is -2.38. The van der Waals surface area contributed by atoms with Gasteiger partial charge in [0, 0.05) is 24.4 Å². The van der Waals surface area contributed by atoms with Crippen molar-refractivity contribution in [3.8, 4) is 0 Å². The summed E-state index contributed by atoms with van der Waals surface area (Å²) in [6, 6.07) is 1.45. The highest BCUT2D eigenvalue weighted by molar-refractivity contribution is 7.99. The Morgan fingerprint density at radius 1 is 1.26 bits per heavy atom. The molecule has 0 saturated carbocycles. The van der Waals surface area contributed by atoms with Crippen molar-refractivity contribution in [2.75, 3.05) is 31.1 Å². The van der Waals surface area contributed by atoms with E-state index in [1.807, 2.05) is 0 Å². The van der Waals surface area contributed by atoms with Crippen LogP contribution in [0.3, 0.4) is 0 Å². The second-order valence-corrected chi connectivity index (χ2v) is 8.57. The zero-order valence-corrected chi connectivity index (χ0v) is 14.1. The minimum Gasteiger partial charge on any atom is -0.312 e. The Kier molecular flexibility index (Phi) is 5.62. The summed E-state index contributed by atoms with van der Waals surface area (Å²) < 4.78 is 0. The molecule has 0 aromatic heterocycles. The van der Waals surface area contributed by atoms with Crippen LogP contribution in [0, 0.1) is 11.3 Å². The molecule has 2 saturated heterocycles. The molecule has 0 aliphatic carbocycles. The zero-order valence-electron chi connectivity index (χ0n) is 13.2. The highest BCUT2D eigenvalue weighted by Crippen LogP contribution is 2.33. The molecule has 2 aliphatic rings. The maximum Gasteiger partial charge on any atom is 0.0243 e. The van der Waals surface area contributed by atoms with E-state index in [2.05, 4.69) is 49.7 Å². The quantitative estimate of drug-likeness (QED) is 0.834. The zero-order chi connectivity index (χ0) is 13.9. The van der Waals surface area contributed by atoms with Crippen LogP contribution < -0.4 is 5.32 Å². The summed E-state index contributed by atoms with van der Waals surface area (Å²) in [5.74, 6) is 3.38. The van der Waals surface area contributed by atoms with Crippen LogP contribution >= 0.6 is 11.8 Å². The van der Waals surface area contributed by atoms with Crippen molar-refractivity contribution in [1.82, 2.24) is 10.2 Å². The number of nitrogens with one attached hydrogen (secondary N) is 1. The standard InChI is InChI=1S/C16H32N2S/c1-13(2)15(18-7-5-6-8-18)10-17-14-9-16(3,4)12-19-11-14/h13-15,17H,5-12H2,1-4H3. The predicted octanol–water partition coefficient (Wildman–Crippen LogP) is 3.23. The number of rotatable bonds is 5. The van der Waals surface area contributed by atoms with Crippen molar-refractivity contribution in [3.05, 3.63) is 0 Å². The van der Waals surface area contributed by atoms with Crippen molar-refractivity contribution < 1.29 is 0 Å². The van der Waals surface area contributed by atoms with Gasteiger partial charge in [-0.25, -0.2) is 0 Å². The Bertz CT molecular complexity index is 272. The molecule has 2 fully saturated rings. The third kappa shape index (κ3) is 4.64. The van der Waals surface area contributed by atoms with Gasteiger partial charge in [0.25, 0.3) is 0 Å². The lowest BCUT2D eigenvalue weighted by molar-refractivity contribution is 0.178. The highest BCUT2D eigenvalue weighted by Gasteiger charge is 2.30. The van der Waals surface area contributed by atoms with Gasteiger partial charge in [0.1, 0.15) is 0 Å². The molecule has 0 bridgehead atoms. The fourth-order valence-electron chi connectivity index (χ4n) is 3.54. The summed E-state index contributed by atoms with van der Waals surface area (Å²) in [6.45, 7) is 13.4. The molecule has 2 heterocycles. The highest BCUT2D eigenvalue weighted by atomic mass is 32.2. The van der Waals surface area contributed by atoms with Crippen LogP contribution in [0.2, 0.25) is 0 Å². The number of hydrogen-bond acceptors (Lipinski definition) is 3. The van der Waals surface area contributed by atoms with Gasteiger partial charge in [0.15, 0.2) is 0 Å². The first-order valence-electron chi connectivity index (χ1n) is 8.03. The molecule has 0 aromatic rings. The SMILES string of the molecule is CC(C)C(CNC1CSCC(C)(C)C1)N1CCCC1. The number of likely N-dealkylation sites (tertiary alicyclic amines) is 1. The molecule has 0 amide bonds. The van der Waals surface area contributed by atoms with Crippen LogP contribution in [0.1, 0.15) is 47.0 Å². The fraction of sp³-hybridized carbons (Fsp3) is 1.00. The largest absolute Gasteiger partial charge is 0.312 e. The monoisotopic (exact) mass is 284 g/mol. The average Bonchev–Trinajstić information content (AvgIpc) is 2.81. The van der Waals surface area contributed by atoms with Gasteiger partial charge >= 0.3 is 0 Å². The first-order valence-corrected chi connectivity index (χ1v) is 9.18. The molecular formula is C16H32N2S. The number of thioether (sulfide) groups is 1. The van der Waals surface area contributed by atoms with Crippen LogP contribution in [0.15, 0.2) is 0 Å². The number of nitrogens with zero attached hydrogens (tertiary/aromatic N) is 1. The summed E-state index contributed by atoms with van der Waals surface area (Å²) in [6.07, 6.45) is 4.13. The second kappa shape index (κ2) is 6.82. The number of hydrogen-bond donors (Lipinski definition) is 1. The van der Waals surface area contributed by atoms with Gasteiger partial charge in [-0.15, -0.1) is 0 Å². The molecule has 0 radical (unpaired) electrons. The molecule has 19 heavy (non-hydrogen) atoms. The van der Waals surface area contributed by atoms with E-state index in [0.717, 1.165) is 18.0 Å². The lowest BCUT2D eigenvalue weighted by atomic mass is 9.87. The summed E-state index contributed by atoms with van der Waals surface area (Å²) in [5.41, 5.74) is 0.515. The van der Waals surface area contributed by atoms with Gasteiger partial charge in [-0.05, 0) is 49.4 Å². The smallest absolute Gasteiger partial charge is 0.0243 e. The predicted molar refractivity (Wildman–Crippen MR) is 86.9 cm³/mol. The van der Waals surface area contributed by atoms with Crippen LogP contribution in [0.4, 0.5) is 0 Å². The molecule has 0 aromatic carbocycles. The maximum atomic E-state index is 3.87. The summed E-state index contributed by atoms with van der Waals surface area (Å²) in [5, 5.41) is 3.87. The van der Waals surface area contributed by atoms with Crippen molar-refractivity contribution in [3.63, 3.8) is 0 Å². The molecule has 112 valence electrons. The van der Waals surface area contributed by atoms with E-state index in [1.165, 1.54) is 50.4 Å². The van der Waals surface area contributed by atoms with Gasteiger partial charge in [-0.1, -0.05) is 27.7 Å². The fourth-order valence-corrected chi connectivity index (χ4v) is 4.85. The normalized spacial score (nSPS) is 29.8. The molecule has 0 spiro atoms. The van der Waals surface area contributed by atoms with Crippen molar-refractivity contribution in [2.45, 2.75) is 59.0 Å². The molecule has 2 rings (SSSR count). The van der Waals surface area contributed by atoms with Gasteiger partial charge in [-0.3, -0.25) is 4.90 Å². The Morgan fingerprint density at radius 3 is 2.53 bits per heavy atom. The molecule has 2 atom stereocenters. The first kappa shape index (κ1) is 15.7. The van der Waals surface area contributed by atoms with E-state index < -0.39 is 0 Å². The van der Waals surface area contributed by atoms with Gasteiger partial charge in [0.05, 0.1) is 0 Å². The average molecular weight is 285 g/mol. The minimum atomic E-state index is 0.515. The van der Waals surface area contributed by atoms with E-state index in [0.29, 0.717) is 5.41 Å². The molecular weight excluding hydrogens is 252 g/mol. The van der Waals surface area contributed by atoms with Crippen molar-refractivity contribution in [2.24, 2.45) is 11.3 Å². The van der Waals surface area contributed by atoms with Crippen LogP contribution in [-0.2, 0) is 0 Å². The third-order valence-corrected chi connectivity index (χ3v) is 6.23. The first-order chi connectivity index (χ1) is 8.98. The van der Waals surface area contributed by atoms with Gasteiger partial charge in [-0.2, -0.15) is 11.8 Å². The third-order valence-electron chi connectivity index (χ3n) is 4.61. The Labute approximate surface area is 124 Å². The second-order valence-electron chi connectivity index (χ2n) is 7.54. The lowest BCUT2D eigenvalue weighted by Crippen LogP contribution is -2.49. The molecule has 2 unspecified atom stereocenters. The van der Waals surface area contributed by atoms with Crippen LogP contribution in [-0.4, -0.2) is 48.1 Å². The summed E-state index contributed by atoms with van der Waals surface area (Å²) in [7, 11) is 0. The van der Waals surface area contributed by atoms with E-state index >= 15 is 0 Å². The van der Waals surface area contributed by atoms with Gasteiger partial charge < -0.3 is 5.32 Å². The minimum absolute atomic E-state index is 0.515. The maximum absolute atomic E-state index is 3.87. The Morgan fingerprint density at radius 2 is 1.95 bits per heavy atom. The topological polar surface area (TPSA) is 15.3 Å². The summed E-state index contributed by atoms with van der Waals surface area (Å²) in [4.78, 5) is 2.71. The van der Waals surface area contributed by atoms with Crippen molar-refractivity contribution in [1.29, 1.82) is 0 Å². The van der Waals surface area contributed by atoms with Gasteiger partial charge in [0.2, 0.25) is 0 Å². The molecule has 2 aliphatic heterocycles. The van der Waals surface area contributed by atoms with E-state index in [4.69, 9.17) is 0 Å². The molecule has 1 N–H and O–H groups in total. The van der Waals surface area contributed by atoms with E-state index in [1.54, 1.807) is 0 Å². The van der Waals surface area contributed by atoms with Crippen molar-refractivity contribution >= 4 is 11.8 Å². The summed E-state index contributed by atoms with van der Waals surface area (Å²) >= 11 is 2.13. The molecule has 2 nitrogen and oxygen atoms in total.